The Morgan fingerprint density at radius 1 is 1.00 bits per heavy atom. The molecule has 0 spiro atoms. The zero-order valence-electron chi connectivity index (χ0n) is 15.3. The van der Waals surface area contributed by atoms with Crippen molar-refractivity contribution in [1.82, 2.24) is 4.98 Å². The van der Waals surface area contributed by atoms with Gasteiger partial charge >= 0.3 is 5.97 Å². The minimum Gasteiger partial charge on any atom is -0.493 e. The molecule has 0 aliphatic rings. The number of aromatic nitrogens is 1. The molecule has 1 heterocycles. The number of carbonyl (C=O) groups is 1. The number of carboxylic acids is 1. The highest BCUT2D eigenvalue weighted by molar-refractivity contribution is 5.93. The van der Waals surface area contributed by atoms with Gasteiger partial charge in [0, 0.05) is 17.6 Å². The van der Waals surface area contributed by atoms with E-state index in [1.807, 2.05) is 18.2 Å². The van der Waals surface area contributed by atoms with Crippen LogP contribution in [0, 0.1) is 0 Å². The Morgan fingerprint density at radius 3 is 2.15 bits per heavy atom. The lowest BCUT2D eigenvalue weighted by Crippen LogP contribution is -1.98. The summed E-state index contributed by atoms with van der Waals surface area (Å²) in [6.45, 7) is 0. The Labute approximate surface area is 156 Å². The van der Waals surface area contributed by atoms with Crippen molar-refractivity contribution < 1.29 is 29.3 Å². The van der Waals surface area contributed by atoms with Gasteiger partial charge in [0.25, 0.3) is 0 Å². The van der Waals surface area contributed by atoms with Gasteiger partial charge in [-0.1, -0.05) is 6.07 Å². The third-order valence-electron chi connectivity index (χ3n) is 4.04. The van der Waals surface area contributed by atoms with Crippen LogP contribution in [-0.2, 0) is 6.42 Å². The highest BCUT2D eigenvalue weighted by Gasteiger charge is 2.14. The molecule has 8 nitrogen and oxygen atoms in total. The molecule has 0 fully saturated rings. The molecule has 5 N–H and O–H groups in total. The van der Waals surface area contributed by atoms with Gasteiger partial charge in [0.1, 0.15) is 0 Å². The summed E-state index contributed by atoms with van der Waals surface area (Å²) in [4.78, 5) is 14.4. The van der Waals surface area contributed by atoms with Crippen LogP contribution >= 0.6 is 0 Å². The van der Waals surface area contributed by atoms with Crippen molar-refractivity contribution in [2.45, 2.75) is 6.42 Å². The number of hydrogen-bond donors (Lipinski definition) is 4. The van der Waals surface area contributed by atoms with Crippen LogP contribution in [0.15, 0.2) is 36.4 Å². The second-order valence-electron chi connectivity index (χ2n) is 5.61. The summed E-state index contributed by atoms with van der Waals surface area (Å²) in [5.74, 6) is 4.31. The van der Waals surface area contributed by atoms with Crippen LogP contribution in [0.1, 0.15) is 21.6 Å². The largest absolute Gasteiger partial charge is 0.493 e. The highest BCUT2D eigenvalue weighted by atomic mass is 16.5. The summed E-state index contributed by atoms with van der Waals surface area (Å²) < 4.78 is 16.1. The number of methoxy groups -OCH3 is 3. The monoisotopic (exact) mass is 374 g/mol. The van der Waals surface area contributed by atoms with Crippen LogP contribution in [0.2, 0.25) is 0 Å². The quantitative estimate of drug-likeness (QED) is 0.489. The zero-order chi connectivity index (χ0) is 20.0. The Hall–Kier alpha value is -3.23. The summed E-state index contributed by atoms with van der Waals surface area (Å²) in [5.41, 5.74) is 3.00. The number of nitrogens with one attached hydrogen (secondary N) is 1. The fourth-order valence-corrected chi connectivity index (χ4v) is 2.87. The predicted octanol–water partition coefficient (Wildman–Crippen LogP) is 2.82. The van der Waals surface area contributed by atoms with Crippen LogP contribution in [0.25, 0.3) is 10.9 Å². The smallest absolute Gasteiger partial charge is 0.335 e. The molecular weight excluding hydrogens is 352 g/mol. The van der Waals surface area contributed by atoms with E-state index < -0.39 is 5.97 Å². The molecule has 8 heteroatoms. The summed E-state index contributed by atoms with van der Waals surface area (Å²) in [6.07, 6.45) is 0.619. The Balaban J connectivity index is 0.00000126. The predicted molar refractivity (Wildman–Crippen MR) is 100 cm³/mol. The lowest BCUT2D eigenvalue weighted by molar-refractivity contribution is 0.0697. The molecule has 3 aromatic rings. The minimum atomic E-state index is -0.942. The summed E-state index contributed by atoms with van der Waals surface area (Å²) in [6, 6.07) is 10.8. The standard InChI is InChI=1S/C19H19NO5.H3NO/c1-23-16-7-11(8-17(24-2)18(16)25-3)6-14-9-12-4-5-13(19(21)22)10-15(12)20-14;1-2/h4-5,7-10,20H,6H2,1-3H3,(H,21,22);2H,1H2. The van der Waals surface area contributed by atoms with Crippen LogP contribution < -0.4 is 20.1 Å². The molecule has 0 aliphatic carbocycles. The Morgan fingerprint density at radius 2 is 1.63 bits per heavy atom. The molecule has 0 saturated carbocycles. The molecule has 0 unspecified atom stereocenters. The fourth-order valence-electron chi connectivity index (χ4n) is 2.87. The van der Waals surface area contributed by atoms with Crippen molar-refractivity contribution in [3.8, 4) is 17.2 Å². The Bertz CT molecular complexity index is 910. The molecule has 0 radical (unpaired) electrons. The van der Waals surface area contributed by atoms with E-state index in [1.54, 1.807) is 39.5 Å². The van der Waals surface area contributed by atoms with Gasteiger partial charge in [-0.15, -0.1) is 0 Å². The van der Waals surface area contributed by atoms with Gasteiger partial charge in [0.15, 0.2) is 11.5 Å². The minimum absolute atomic E-state index is 0.258. The fraction of sp³-hybridized carbons (Fsp3) is 0.211. The van der Waals surface area contributed by atoms with E-state index in [2.05, 4.69) is 10.9 Å². The average Bonchev–Trinajstić information content (AvgIpc) is 3.09. The highest BCUT2D eigenvalue weighted by Crippen LogP contribution is 2.38. The maximum absolute atomic E-state index is 11.1. The topological polar surface area (TPSA) is 127 Å². The molecular formula is C19H22N2O6. The van der Waals surface area contributed by atoms with E-state index in [0.29, 0.717) is 23.7 Å². The lowest BCUT2D eigenvalue weighted by atomic mass is 10.1. The van der Waals surface area contributed by atoms with Gasteiger partial charge in [-0.2, -0.15) is 0 Å². The first-order chi connectivity index (χ1) is 13.0. The van der Waals surface area contributed by atoms with E-state index in [9.17, 15) is 4.79 Å². The van der Waals surface area contributed by atoms with Crippen molar-refractivity contribution >= 4 is 16.9 Å². The average molecular weight is 374 g/mol. The number of aromatic carboxylic acids is 1. The van der Waals surface area contributed by atoms with E-state index in [-0.39, 0.29) is 5.56 Å². The van der Waals surface area contributed by atoms with Crippen LogP contribution in [-0.4, -0.2) is 42.6 Å². The second-order valence-corrected chi connectivity index (χ2v) is 5.61. The number of benzene rings is 2. The maximum Gasteiger partial charge on any atom is 0.335 e. The molecule has 2 aromatic carbocycles. The van der Waals surface area contributed by atoms with Crippen molar-refractivity contribution in [3.05, 3.63) is 53.2 Å². The first kappa shape index (κ1) is 20.1. The molecule has 1 aromatic heterocycles. The molecule has 0 saturated heterocycles. The summed E-state index contributed by atoms with van der Waals surface area (Å²) in [7, 11) is 4.73. The molecule has 3 rings (SSSR count). The van der Waals surface area contributed by atoms with Gasteiger partial charge in [0.05, 0.1) is 26.9 Å². The SMILES string of the molecule is COc1cc(Cc2cc3ccc(C(=O)O)cc3[nH]2)cc(OC)c1OC.NO. The van der Waals surface area contributed by atoms with Crippen molar-refractivity contribution in [2.24, 2.45) is 5.90 Å². The van der Waals surface area contributed by atoms with E-state index >= 15 is 0 Å². The van der Waals surface area contributed by atoms with Gasteiger partial charge in [-0.3, -0.25) is 0 Å². The summed E-state index contributed by atoms with van der Waals surface area (Å²) >= 11 is 0. The normalized spacial score (nSPS) is 10.1. The van der Waals surface area contributed by atoms with Gasteiger partial charge in [0.2, 0.25) is 5.75 Å². The number of carboxylic acid groups (broad SMARTS) is 1. The number of hydrogen-bond acceptors (Lipinski definition) is 6. The molecule has 0 amide bonds. The molecule has 0 atom stereocenters. The van der Waals surface area contributed by atoms with Gasteiger partial charge in [-0.25, -0.2) is 10.7 Å². The van der Waals surface area contributed by atoms with Crippen molar-refractivity contribution in [1.29, 1.82) is 0 Å². The van der Waals surface area contributed by atoms with E-state index in [1.165, 1.54) is 0 Å². The van der Waals surface area contributed by atoms with E-state index in [4.69, 9.17) is 24.5 Å². The first-order valence-electron chi connectivity index (χ1n) is 7.95. The number of ether oxygens (including phenoxy) is 3. The third-order valence-corrected chi connectivity index (χ3v) is 4.04. The summed E-state index contributed by atoms with van der Waals surface area (Å²) in [5, 5.41) is 16.6. The van der Waals surface area contributed by atoms with Crippen LogP contribution in [0.5, 0.6) is 17.2 Å². The zero-order valence-corrected chi connectivity index (χ0v) is 15.3. The Kier molecular flexibility index (Phi) is 6.64. The second kappa shape index (κ2) is 8.93. The number of fused-ring (bicyclic) bond motifs is 1. The number of aromatic amines is 1. The number of nitrogens with two attached hydrogens (primary N) is 1. The molecule has 144 valence electrons. The number of rotatable bonds is 6. The van der Waals surface area contributed by atoms with Crippen molar-refractivity contribution in [3.63, 3.8) is 0 Å². The maximum atomic E-state index is 11.1. The van der Waals surface area contributed by atoms with Gasteiger partial charge < -0.3 is 29.5 Å². The van der Waals surface area contributed by atoms with Gasteiger partial charge in [-0.05, 0) is 41.3 Å². The van der Waals surface area contributed by atoms with Crippen LogP contribution in [0.4, 0.5) is 0 Å². The van der Waals surface area contributed by atoms with Crippen LogP contribution in [0.3, 0.4) is 0 Å². The lowest BCUT2D eigenvalue weighted by Gasteiger charge is -2.13. The molecule has 0 aliphatic heterocycles. The first-order valence-corrected chi connectivity index (χ1v) is 7.95. The molecule has 27 heavy (non-hydrogen) atoms. The van der Waals surface area contributed by atoms with Crippen molar-refractivity contribution in [2.75, 3.05) is 21.3 Å². The molecule has 0 bridgehead atoms. The number of H-pyrrole nitrogens is 1. The third kappa shape index (κ3) is 4.30. The van der Waals surface area contributed by atoms with E-state index in [0.717, 1.165) is 22.2 Å².